The molecule has 1 aromatic rings. The van der Waals surface area contributed by atoms with Gasteiger partial charge in [0.1, 0.15) is 5.75 Å². The third-order valence-electron chi connectivity index (χ3n) is 2.51. The number of nitrogen functional groups attached to an aromatic ring is 1. The quantitative estimate of drug-likeness (QED) is 0.486. The van der Waals surface area contributed by atoms with E-state index in [1.54, 1.807) is 0 Å². The molecule has 11 heteroatoms. The maximum Gasteiger partial charge on any atom is 0.456 e. The average Bonchev–Trinajstić information content (AvgIpc) is 2.28. The maximum atomic E-state index is 13.4. The molecule has 0 amide bonds. The first-order valence-electron chi connectivity index (χ1n) is 4.98. The number of phenolic OH excluding ortho intramolecular Hbond substituents is 1. The van der Waals surface area contributed by atoms with Crippen molar-refractivity contribution in [3.05, 3.63) is 23.3 Å². The van der Waals surface area contributed by atoms with Crippen LogP contribution >= 0.6 is 0 Å². The van der Waals surface area contributed by atoms with E-state index in [4.69, 9.17) is 10.8 Å². The monoisotopic (exact) mass is 327 g/mol. The summed E-state index contributed by atoms with van der Waals surface area (Å²) in [6.07, 6.45) is -16.3. The summed E-state index contributed by atoms with van der Waals surface area (Å²) in [5.41, 5.74) is -1.04. The number of nitrogens with two attached hydrogens (primary N) is 1. The fourth-order valence-electron chi connectivity index (χ4n) is 1.49. The molecule has 3 N–H and O–H groups in total. The lowest BCUT2D eigenvalue weighted by molar-refractivity contribution is -0.305. The largest absolute Gasteiger partial charge is 0.506 e. The highest BCUT2D eigenvalue weighted by molar-refractivity contribution is 5.62. The standard InChI is InChI=1S/C10H6F9NO/c11-7(8(12,13)10(17,18)19)3-1-2-4(21)6(20)5(3)9(14,15)16/h1-2,7,21H,20H2. The molecule has 2 nitrogen and oxygen atoms in total. The Morgan fingerprint density at radius 3 is 1.81 bits per heavy atom. The highest BCUT2D eigenvalue weighted by Gasteiger charge is 2.64. The molecule has 1 rings (SSSR count). The van der Waals surface area contributed by atoms with Crippen LogP contribution in [-0.2, 0) is 6.18 Å². The Balaban J connectivity index is 3.55. The van der Waals surface area contributed by atoms with Crippen LogP contribution in [-0.4, -0.2) is 17.2 Å². The summed E-state index contributed by atoms with van der Waals surface area (Å²) in [6, 6.07) is 0.262. The van der Waals surface area contributed by atoms with Crippen LogP contribution < -0.4 is 5.73 Å². The summed E-state index contributed by atoms with van der Waals surface area (Å²) < 4.78 is 113. The summed E-state index contributed by atoms with van der Waals surface area (Å²) in [7, 11) is 0. The molecule has 0 fully saturated rings. The van der Waals surface area contributed by atoms with Crippen molar-refractivity contribution in [1.82, 2.24) is 0 Å². The van der Waals surface area contributed by atoms with Gasteiger partial charge in [-0.1, -0.05) is 6.07 Å². The fraction of sp³-hybridized carbons (Fsp3) is 0.400. The van der Waals surface area contributed by atoms with Crippen LogP contribution in [0.2, 0.25) is 0 Å². The van der Waals surface area contributed by atoms with Crippen molar-refractivity contribution in [3.8, 4) is 5.75 Å². The van der Waals surface area contributed by atoms with Gasteiger partial charge in [-0.25, -0.2) is 4.39 Å². The molecule has 1 atom stereocenters. The molecular formula is C10H6F9NO. The second-order valence-corrected chi connectivity index (χ2v) is 3.94. The molecule has 0 spiro atoms. The molecule has 1 aromatic carbocycles. The van der Waals surface area contributed by atoms with E-state index in [-0.39, 0.29) is 6.07 Å². The van der Waals surface area contributed by atoms with Crippen LogP contribution in [0.1, 0.15) is 17.3 Å². The SMILES string of the molecule is Nc1c(O)ccc(C(F)C(F)(F)C(F)(F)F)c1C(F)(F)F. The lowest BCUT2D eigenvalue weighted by atomic mass is 9.96. The summed E-state index contributed by atoms with van der Waals surface area (Å²) in [6.45, 7) is 0. The van der Waals surface area contributed by atoms with Crippen LogP contribution in [0, 0.1) is 0 Å². The molecule has 0 aromatic heterocycles. The van der Waals surface area contributed by atoms with Crippen LogP contribution in [0.4, 0.5) is 45.2 Å². The van der Waals surface area contributed by atoms with Gasteiger partial charge in [0.15, 0.2) is 6.17 Å². The highest BCUT2D eigenvalue weighted by Crippen LogP contribution is 2.51. The van der Waals surface area contributed by atoms with Crippen molar-refractivity contribution >= 4 is 5.69 Å². The normalized spacial score (nSPS) is 15.1. The van der Waals surface area contributed by atoms with Crippen molar-refractivity contribution in [2.45, 2.75) is 24.4 Å². The Hall–Kier alpha value is -1.81. The van der Waals surface area contributed by atoms with E-state index in [1.807, 2.05) is 0 Å². The maximum absolute atomic E-state index is 13.4. The number of anilines is 1. The lowest BCUT2D eigenvalue weighted by Crippen LogP contribution is -2.41. The molecule has 0 aliphatic heterocycles. The molecule has 21 heavy (non-hydrogen) atoms. The van der Waals surface area contributed by atoms with Gasteiger partial charge in [-0.15, -0.1) is 0 Å². The van der Waals surface area contributed by atoms with E-state index in [1.165, 1.54) is 0 Å². The number of hydrogen-bond acceptors (Lipinski definition) is 2. The first kappa shape index (κ1) is 17.2. The van der Waals surface area contributed by atoms with Gasteiger partial charge in [-0.2, -0.15) is 35.1 Å². The van der Waals surface area contributed by atoms with E-state index in [2.05, 4.69) is 0 Å². The number of hydrogen-bond donors (Lipinski definition) is 2. The van der Waals surface area contributed by atoms with Gasteiger partial charge in [0.2, 0.25) is 0 Å². The third-order valence-corrected chi connectivity index (χ3v) is 2.51. The van der Waals surface area contributed by atoms with Gasteiger partial charge in [0.05, 0.1) is 11.3 Å². The minimum Gasteiger partial charge on any atom is -0.506 e. The lowest BCUT2D eigenvalue weighted by Gasteiger charge is -2.26. The zero-order valence-corrected chi connectivity index (χ0v) is 9.66. The van der Waals surface area contributed by atoms with Crippen molar-refractivity contribution in [1.29, 1.82) is 0 Å². The summed E-state index contributed by atoms with van der Waals surface area (Å²) in [5, 5.41) is 8.98. The Morgan fingerprint density at radius 1 is 0.952 bits per heavy atom. The van der Waals surface area contributed by atoms with Gasteiger partial charge in [0.25, 0.3) is 0 Å². The molecule has 0 heterocycles. The van der Waals surface area contributed by atoms with Gasteiger partial charge in [-0.3, -0.25) is 0 Å². The second-order valence-electron chi connectivity index (χ2n) is 3.94. The van der Waals surface area contributed by atoms with Crippen molar-refractivity contribution in [2.24, 2.45) is 0 Å². The zero-order chi connectivity index (χ0) is 16.8. The number of benzene rings is 1. The van der Waals surface area contributed by atoms with Gasteiger partial charge < -0.3 is 10.8 Å². The van der Waals surface area contributed by atoms with Crippen LogP contribution in [0.5, 0.6) is 5.75 Å². The smallest absolute Gasteiger partial charge is 0.456 e. The molecular weight excluding hydrogens is 321 g/mol. The molecule has 0 aliphatic rings. The predicted molar refractivity (Wildman–Crippen MR) is 52.4 cm³/mol. The number of aromatic hydroxyl groups is 1. The molecule has 0 saturated heterocycles. The van der Waals surface area contributed by atoms with Crippen molar-refractivity contribution < 1.29 is 44.6 Å². The Morgan fingerprint density at radius 2 is 1.43 bits per heavy atom. The Kier molecular flexibility index (Phi) is 4.01. The molecule has 0 saturated carbocycles. The Labute approximate surface area is 111 Å². The molecule has 0 aliphatic carbocycles. The van der Waals surface area contributed by atoms with Gasteiger partial charge in [0, 0.05) is 5.56 Å². The average molecular weight is 327 g/mol. The minimum absolute atomic E-state index is 0.0289. The van der Waals surface area contributed by atoms with E-state index < -0.39 is 47.0 Å². The Bertz CT molecular complexity index is 535. The summed E-state index contributed by atoms with van der Waals surface area (Å²) in [4.78, 5) is 0. The molecule has 120 valence electrons. The summed E-state index contributed by atoms with van der Waals surface area (Å²) in [5.74, 6) is -7.29. The van der Waals surface area contributed by atoms with Crippen molar-refractivity contribution in [2.75, 3.05) is 5.73 Å². The van der Waals surface area contributed by atoms with Crippen LogP contribution in [0.15, 0.2) is 12.1 Å². The summed E-state index contributed by atoms with van der Waals surface area (Å²) >= 11 is 0. The predicted octanol–water partition coefficient (Wildman–Crippen LogP) is 4.20. The minimum atomic E-state index is -6.40. The zero-order valence-electron chi connectivity index (χ0n) is 9.66. The van der Waals surface area contributed by atoms with E-state index in [9.17, 15) is 39.5 Å². The van der Waals surface area contributed by atoms with Crippen LogP contribution in [0.25, 0.3) is 0 Å². The van der Waals surface area contributed by atoms with Crippen LogP contribution in [0.3, 0.4) is 0 Å². The number of alkyl halides is 9. The first-order chi connectivity index (χ1) is 9.21. The van der Waals surface area contributed by atoms with Gasteiger partial charge in [-0.05, 0) is 6.07 Å². The number of halogens is 9. The third kappa shape index (κ3) is 2.95. The molecule has 0 radical (unpaired) electrons. The number of rotatable bonds is 2. The topological polar surface area (TPSA) is 46.2 Å². The van der Waals surface area contributed by atoms with E-state index in [0.29, 0.717) is 6.07 Å². The highest BCUT2D eigenvalue weighted by atomic mass is 19.4. The van der Waals surface area contributed by atoms with Crippen molar-refractivity contribution in [3.63, 3.8) is 0 Å². The van der Waals surface area contributed by atoms with Gasteiger partial charge >= 0.3 is 18.3 Å². The first-order valence-corrected chi connectivity index (χ1v) is 4.98. The molecule has 1 unspecified atom stereocenters. The van der Waals surface area contributed by atoms with E-state index >= 15 is 0 Å². The second kappa shape index (κ2) is 4.88. The fourth-order valence-corrected chi connectivity index (χ4v) is 1.49. The number of phenols is 1. The van der Waals surface area contributed by atoms with E-state index in [0.717, 1.165) is 0 Å². The molecule has 0 bridgehead atoms.